The molecule has 5 nitrogen and oxygen atoms in total. The summed E-state index contributed by atoms with van der Waals surface area (Å²) in [6.45, 7) is 3.55. The van der Waals surface area contributed by atoms with Gasteiger partial charge in [-0.3, -0.25) is 4.79 Å². The maximum Gasteiger partial charge on any atom is 0.320 e. The van der Waals surface area contributed by atoms with Crippen LogP contribution in [-0.2, 0) is 9.53 Å². The number of aliphatic carboxylic acids is 1. The largest absolute Gasteiger partial charge is 0.480 e. The van der Waals surface area contributed by atoms with Crippen molar-refractivity contribution in [1.82, 2.24) is 4.90 Å². The summed E-state index contributed by atoms with van der Waals surface area (Å²) in [6.07, 6.45) is -0.130. The molecule has 114 valence electrons. The predicted octanol–water partition coefficient (Wildman–Crippen LogP) is 1.17. The first-order valence-electron chi connectivity index (χ1n) is 6.54. The Morgan fingerprint density at radius 1 is 1.37 bits per heavy atom. The van der Waals surface area contributed by atoms with Gasteiger partial charge in [-0.05, 0) is 19.4 Å². The second-order valence-corrected chi connectivity index (χ2v) is 4.39. The van der Waals surface area contributed by atoms with Crippen LogP contribution in [0.25, 0.3) is 0 Å². The van der Waals surface area contributed by atoms with E-state index < -0.39 is 25.0 Å². The number of carbonyl (C=O) groups is 1. The summed E-state index contributed by atoms with van der Waals surface area (Å²) in [5.41, 5.74) is 5.43. The lowest BCUT2D eigenvalue weighted by Gasteiger charge is -2.22. The first kappa shape index (κ1) is 18.2. The summed E-state index contributed by atoms with van der Waals surface area (Å²) in [5.74, 6) is -1.02. The van der Waals surface area contributed by atoms with Crippen LogP contribution < -0.4 is 5.73 Å². The van der Waals surface area contributed by atoms with Crippen molar-refractivity contribution in [2.45, 2.75) is 38.7 Å². The molecule has 0 fully saturated rings. The number of rotatable bonds is 12. The molecule has 0 radical (unpaired) electrons. The third-order valence-corrected chi connectivity index (χ3v) is 2.70. The van der Waals surface area contributed by atoms with Crippen LogP contribution in [0.5, 0.6) is 0 Å². The zero-order valence-corrected chi connectivity index (χ0v) is 11.4. The molecule has 0 aromatic rings. The molecule has 1 unspecified atom stereocenters. The minimum absolute atomic E-state index is 0.219. The zero-order valence-electron chi connectivity index (χ0n) is 11.4. The van der Waals surface area contributed by atoms with E-state index in [9.17, 15) is 13.6 Å². The van der Waals surface area contributed by atoms with Crippen LogP contribution in [0.3, 0.4) is 0 Å². The number of ether oxygens (including phenoxy) is 1. The number of carboxylic acid groups (broad SMARTS) is 1. The average Bonchev–Trinajstić information content (AvgIpc) is 2.35. The number of alkyl halides is 2. The molecule has 7 heteroatoms. The van der Waals surface area contributed by atoms with Gasteiger partial charge in [-0.1, -0.05) is 13.3 Å². The second-order valence-electron chi connectivity index (χ2n) is 4.39. The van der Waals surface area contributed by atoms with E-state index in [1.807, 2.05) is 4.90 Å². The Labute approximate surface area is 112 Å². The molecule has 0 aromatic heterocycles. The molecule has 0 saturated heterocycles. The van der Waals surface area contributed by atoms with Crippen molar-refractivity contribution < 1.29 is 23.4 Å². The summed E-state index contributed by atoms with van der Waals surface area (Å²) in [4.78, 5) is 12.6. The highest BCUT2D eigenvalue weighted by Crippen LogP contribution is 2.00. The second kappa shape index (κ2) is 11.1. The van der Waals surface area contributed by atoms with E-state index in [-0.39, 0.29) is 6.61 Å². The molecule has 0 saturated carbocycles. The highest BCUT2D eigenvalue weighted by Gasteiger charge is 2.13. The fourth-order valence-electron chi connectivity index (χ4n) is 1.53. The molecular weight excluding hydrogens is 258 g/mol. The molecule has 0 rings (SSSR count). The standard InChI is InChI=1S/C12H24F2N2O3/c1-2-3-5-16(6-4-10(15)12(17)18)7-8-19-9-11(13)14/h10-11H,2-9,15H2,1H3,(H,17,18). The smallest absolute Gasteiger partial charge is 0.320 e. The molecule has 0 spiro atoms. The maximum absolute atomic E-state index is 11.9. The number of carboxylic acids is 1. The number of hydrogen-bond acceptors (Lipinski definition) is 4. The Kier molecular flexibility index (Phi) is 10.6. The van der Waals surface area contributed by atoms with Gasteiger partial charge >= 0.3 is 5.97 Å². The third-order valence-electron chi connectivity index (χ3n) is 2.70. The lowest BCUT2D eigenvalue weighted by Crippen LogP contribution is -2.37. The number of hydrogen-bond donors (Lipinski definition) is 2. The van der Waals surface area contributed by atoms with E-state index in [0.29, 0.717) is 19.5 Å². The Bertz CT molecular complexity index is 243. The van der Waals surface area contributed by atoms with E-state index in [1.54, 1.807) is 0 Å². The van der Waals surface area contributed by atoms with Crippen molar-refractivity contribution in [2.24, 2.45) is 5.73 Å². The molecule has 3 N–H and O–H groups in total. The van der Waals surface area contributed by atoms with E-state index in [4.69, 9.17) is 15.6 Å². The minimum atomic E-state index is -2.45. The van der Waals surface area contributed by atoms with Crippen LogP contribution in [0.4, 0.5) is 8.78 Å². The topological polar surface area (TPSA) is 75.8 Å². The summed E-state index contributed by atoms with van der Waals surface area (Å²) in [7, 11) is 0. The van der Waals surface area contributed by atoms with Crippen LogP contribution in [0, 0.1) is 0 Å². The highest BCUT2D eigenvalue weighted by molar-refractivity contribution is 5.72. The van der Waals surface area contributed by atoms with Gasteiger partial charge in [0, 0.05) is 13.1 Å². The van der Waals surface area contributed by atoms with Gasteiger partial charge in [0.2, 0.25) is 0 Å². The molecule has 0 aromatic carbocycles. The SMILES string of the molecule is CCCCN(CCOCC(F)F)CCC(N)C(=O)O. The molecule has 0 aliphatic heterocycles. The van der Waals surface area contributed by atoms with E-state index in [1.165, 1.54) is 0 Å². The van der Waals surface area contributed by atoms with Crippen LogP contribution in [0.15, 0.2) is 0 Å². The van der Waals surface area contributed by atoms with Gasteiger partial charge in [0.05, 0.1) is 6.61 Å². The quantitative estimate of drug-likeness (QED) is 0.526. The summed E-state index contributed by atoms with van der Waals surface area (Å²) >= 11 is 0. The highest BCUT2D eigenvalue weighted by atomic mass is 19.3. The van der Waals surface area contributed by atoms with E-state index in [2.05, 4.69) is 6.92 Å². The van der Waals surface area contributed by atoms with Crippen LogP contribution in [-0.4, -0.2) is 61.3 Å². The van der Waals surface area contributed by atoms with Crippen molar-refractivity contribution >= 4 is 5.97 Å². The first-order chi connectivity index (χ1) is 8.97. The van der Waals surface area contributed by atoms with Crippen molar-refractivity contribution in [2.75, 3.05) is 32.8 Å². The summed E-state index contributed by atoms with van der Waals surface area (Å²) in [6, 6.07) is -0.883. The van der Waals surface area contributed by atoms with E-state index in [0.717, 1.165) is 19.4 Å². The van der Waals surface area contributed by atoms with Crippen LogP contribution in [0.1, 0.15) is 26.2 Å². The molecule has 0 bridgehead atoms. The molecular formula is C12H24F2N2O3. The van der Waals surface area contributed by atoms with Crippen molar-refractivity contribution in [3.63, 3.8) is 0 Å². The van der Waals surface area contributed by atoms with Crippen molar-refractivity contribution in [3.8, 4) is 0 Å². The number of nitrogens with zero attached hydrogens (tertiary/aromatic N) is 1. The molecule has 0 heterocycles. The number of nitrogens with two attached hydrogens (primary N) is 1. The lowest BCUT2D eigenvalue weighted by molar-refractivity contribution is -0.138. The zero-order chi connectivity index (χ0) is 14.7. The Hall–Kier alpha value is -0.790. The summed E-state index contributed by atoms with van der Waals surface area (Å²) < 4.78 is 28.6. The lowest BCUT2D eigenvalue weighted by atomic mass is 10.2. The van der Waals surface area contributed by atoms with Gasteiger partial charge in [0.25, 0.3) is 6.43 Å². The van der Waals surface area contributed by atoms with Gasteiger partial charge < -0.3 is 20.5 Å². The molecule has 0 aliphatic rings. The van der Waals surface area contributed by atoms with Crippen molar-refractivity contribution in [1.29, 1.82) is 0 Å². The monoisotopic (exact) mass is 282 g/mol. The normalized spacial score (nSPS) is 13.2. The first-order valence-corrected chi connectivity index (χ1v) is 6.54. The Morgan fingerprint density at radius 2 is 2.05 bits per heavy atom. The van der Waals surface area contributed by atoms with Gasteiger partial charge in [0.15, 0.2) is 0 Å². The van der Waals surface area contributed by atoms with Gasteiger partial charge in [-0.25, -0.2) is 8.78 Å². The van der Waals surface area contributed by atoms with Crippen molar-refractivity contribution in [3.05, 3.63) is 0 Å². The fraction of sp³-hybridized carbons (Fsp3) is 0.917. The van der Waals surface area contributed by atoms with Gasteiger partial charge in [-0.2, -0.15) is 0 Å². The van der Waals surface area contributed by atoms with Crippen LogP contribution >= 0.6 is 0 Å². The molecule has 19 heavy (non-hydrogen) atoms. The van der Waals surface area contributed by atoms with Gasteiger partial charge in [-0.15, -0.1) is 0 Å². The molecule has 1 atom stereocenters. The van der Waals surface area contributed by atoms with E-state index >= 15 is 0 Å². The Balaban J connectivity index is 3.90. The Morgan fingerprint density at radius 3 is 2.58 bits per heavy atom. The molecule has 0 amide bonds. The van der Waals surface area contributed by atoms with Crippen LogP contribution in [0.2, 0.25) is 0 Å². The third kappa shape index (κ3) is 10.8. The van der Waals surface area contributed by atoms with Gasteiger partial charge in [0.1, 0.15) is 12.6 Å². The number of halogens is 2. The fourth-order valence-corrected chi connectivity index (χ4v) is 1.53. The molecule has 0 aliphatic carbocycles. The average molecular weight is 282 g/mol. The number of unbranched alkanes of at least 4 members (excludes halogenated alkanes) is 1. The maximum atomic E-state index is 11.9. The minimum Gasteiger partial charge on any atom is -0.480 e. The summed E-state index contributed by atoms with van der Waals surface area (Å²) in [5, 5.41) is 8.69. The predicted molar refractivity (Wildman–Crippen MR) is 68.4 cm³/mol.